The highest BCUT2D eigenvalue weighted by atomic mass is 16.1. The van der Waals surface area contributed by atoms with Crippen LogP contribution < -0.4 is 10.2 Å². The van der Waals surface area contributed by atoms with Gasteiger partial charge < -0.3 is 10.2 Å². The maximum atomic E-state index is 11.7. The average Bonchev–Trinajstić information content (AvgIpc) is 2.58. The number of pyridine rings is 1. The van der Waals surface area contributed by atoms with Crippen molar-refractivity contribution in [1.82, 2.24) is 10.3 Å². The van der Waals surface area contributed by atoms with Gasteiger partial charge in [-0.15, -0.1) is 0 Å². The largest absolute Gasteiger partial charge is 0.375 e. The van der Waals surface area contributed by atoms with Crippen molar-refractivity contribution in [2.75, 3.05) is 25.0 Å². The predicted molar refractivity (Wildman–Crippen MR) is 90.6 cm³/mol. The highest BCUT2D eigenvalue weighted by Gasteiger charge is 2.00. The van der Waals surface area contributed by atoms with Crippen molar-refractivity contribution in [2.45, 2.75) is 6.42 Å². The molecule has 2 rings (SSSR count). The molecule has 1 heterocycles. The van der Waals surface area contributed by atoms with Crippen LogP contribution in [-0.2, 0) is 4.79 Å². The second-order valence-electron chi connectivity index (χ2n) is 5.02. The fourth-order valence-corrected chi connectivity index (χ4v) is 2.04. The third kappa shape index (κ3) is 5.40. The zero-order valence-corrected chi connectivity index (χ0v) is 12.8. The molecule has 0 aliphatic carbocycles. The molecule has 4 nitrogen and oxygen atoms in total. The van der Waals surface area contributed by atoms with E-state index in [1.54, 1.807) is 24.5 Å². The van der Waals surface area contributed by atoms with Crippen molar-refractivity contribution >= 4 is 17.7 Å². The van der Waals surface area contributed by atoms with Crippen molar-refractivity contribution in [2.24, 2.45) is 0 Å². The molecule has 0 saturated carbocycles. The monoisotopic (exact) mass is 295 g/mol. The van der Waals surface area contributed by atoms with E-state index in [4.69, 9.17) is 0 Å². The summed E-state index contributed by atoms with van der Waals surface area (Å²) in [5.41, 5.74) is 2.15. The van der Waals surface area contributed by atoms with Crippen LogP contribution in [0.15, 0.2) is 60.9 Å². The van der Waals surface area contributed by atoms with Crippen LogP contribution in [-0.4, -0.2) is 31.0 Å². The topological polar surface area (TPSA) is 45.2 Å². The van der Waals surface area contributed by atoms with Crippen molar-refractivity contribution in [3.05, 3.63) is 66.5 Å². The normalized spacial score (nSPS) is 10.6. The van der Waals surface area contributed by atoms with E-state index in [2.05, 4.69) is 34.4 Å². The molecule has 0 saturated heterocycles. The number of nitrogens with zero attached hydrogens (tertiary/aromatic N) is 2. The number of anilines is 1. The first-order valence-corrected chi connectivity index (χ1v) is 7.38. The SMILES string of the molecule is CN(CCCNC(=O)/C=C/c1ccncc1)c1ccccc1. The molecule has 0 bridgehead atoms. The van der Waals surface area contributed by atoms with E-state index in [1.165, 1.54) is 5.69 Å². The molecule has 0 atom stereocenters. The minimum absolute atomic E-state index is 0.0702. The molecule has 0 aliphatic heterocycles. The van der Waals surface area contributed by atoms with Crippen molar-refractivity contribution < 1.29 is 4.79 Å². The Kier molecular flexibility index (Phi) is 6.18. The van der Waals surface area contributed by atoms with Crippen LogP contribution in [0.5, 0.6) is 0 Å². The van der Waals surface area contributed by atoms with Crippen LogP contribution in [0.2, 0.25) is 0 Å². The fraction of sp³-hybridized carbons (Fsp3) is 0.222. The first kappa shape index (κ1) is 15.8. The number of nitrogens with one attached hydrogen (secondary N) is 1. The molecule has 1 amide bonds. The third-order valence-corrected chi connectivity index (χ3v) is 3.30. The number of para-hydroxylation sites is 1. The van der Waals surface area contributed by atoms with Gasteiger partial charge in [0.15, 0.2) is 0 Å². The molecule has 0 fully saturated rings. The number of hydrogen-bond donors (Lipinski definition) is 1. The van der Waals surface area contributed by atoms with Gasteiger partial charge in [0.25, 0.3) is 0 Å². The summed E-state index contributed by atoms with van der Waals surface area (Å²) in [5, 5.41) is 2.89. The van der Waals surface area contributed by atoms with Crippen LogP contribution in [0.25, 0.3) is 6.08 Å². The summed E-state index contributed by atoms with van der Waals surface area (Å²) < 4.78 is 0. The van der Waals surface area contributed by atoms with Gasteiger partial charge in [-0.3, -0.25) is 9.78 Å². The van der Waals surface area contributed by atoms with Crippen molar-refractivity contribution in [3.8, 4) is 0 Å². The van der Waals surface area contributed by atoms with Crippen molar-refractivity contribution in [1.29, 1.82) is 0 Å². The van der Waals surface area contributed by atoms with Gasteiger partial charge in [0.1, 0.15) is 0 Å². The second-order valence-corrected chi connectivity index (χ2v) is 5.02. The lowest BCUT2D eigenvalue weighted by molar-refractivity contribution is -0.116. The quantitative estimate of drug-likeness (QED) is 0.631. The zero-order valence-electron chi connectivity index (χ0n) is 12.8. The van der Waals surface area contributed by atoms with E-state index in [0.717, 1.165) is 18.5 Å². The number of carbonyl (C=O) groups excluding carboxylic acids is 1. The van der Waals surface area contributed by atoms with E-state index in [9.17, 15) is 4.79 Å². The highest BCUT2D eigenvalue weighted by Crippen LogP contribution is 2.10. The van der Waals surface area contributed by atoms with Gasteiger partial charge in [-0.1, -0.05) is 18.2 Å². The van der Waals surface area contributed by atoms with Crippen LogP contribution in [0, 0.1) is 0 Å². The van der Waals surface area contributed by atoms with Crippen LogP contribution in [0.1, 0.15) is 12.0 Å². The standard InChI is InChI=1S/C18H21N3O/c1-21(17-6-3-2-4-7-17)15-5-12-20-18(22)9-8-16-10-13-19-14-11-16/h2-4,6-11,13-14H,5,12,15H2,1H3,(H,20,22)/b9-8+. The van der Waals surface area contributed by atoms with Crippen molar-refractivity contribution in [3.63, 3.8) is 0 Å². The smallest absolute Gasteiger partial charge is 0.244 e. The Morgan fingerprint density at radius 2 is 1.91 bits per heavy atom. The molecule has 0 unspecified atom stereocenters. The Bertz CT molecular complexity index is 596. The Balaban J connectivity index is 1.66. The lowest BCUT2D eigenvalue weighted by Crippen LogP contribution is -2.26. The van der Waals surface area contributed by atoms with Crippen LogP contribution in [0.3, 0.4) is 0 Å². The van der Waals surface area contributed by atoms with E-state index in [1.807, 2.05) is 30.3 Å². The number of rotatable bonds is 7. The molecule has 1 aromatic carbocycles. The van der Waals surface area contributed by atoms with Gasteiger partial charge in [-0.25, -0.2) is 0 Å². The maximum absolute atomic E-state index is 11.7. The number of hydrogen-bond acceptors (Lipinski definition) is 3. The molecular weight excluding hydrogens is 274 g/mol. The summed E-state index contributed by atoms with van der Waals surface area (Å²) in [6.45, 7) is 1.56. The number of amides is 1. The van der Waals surface area contributed by atoms with E-state index in [0.29, 0.717) is 6.54 Å². The Morgan fingerprint density at radius 3 is 2.64 bits per heavy atom. The van der Waals surface area contributed by atoms with Gasteiger partial charge in [-0.2, -0.15) is 0 Å². The first-order chi connectivity index (χ1) is 10.8. The summed E-state index contributed by atoms with van der Waals surface area (Å²) in [6, 6.07) is 13.9. The molecule has 1 aromatic heterocycles. The Morgan fingerprint density at radius 1 is 1.18 bits per heavy atom. The van der Waals surface area contributed by atoms with Gasteiger partial charge in [0.2, 0.25) is 5.91 Å². The highest BCUT2D eigenvalue weighted by molar-refractivity contribution is 5.91. The van der Waals surface area contributed by atoms with Gasteiger partial charge >= 0.3 is 0 Å². The van der Waals surface area contributed by atoms with Gasteiger partial charge in [0.05, 0.1) is 0 Å². The molecule has 2 aromatic rings. The average molecular weight is 295 g/mol. The molecule has 0 radical (unpaired) electrons. The molecule has 4 heteroatoms. The molecule has 0 spiro atoms. The minimum Gasteiger partial charge on any atom is -0.375 e. The third-order valence-electron chi connectivity index (χ3n) is 3.30. The zero-order chi connectivity index (χ0) is 15.6. The molecule has 114 valence electrons. The summed E-state index contributed by atoms with van der Waals surface area (Å²) in [7, 11) is 2.06. The van der Waals surface area contributed by atoms with E-state index >= 15 is 0 Å². The number of benzene rings is 1. The van der Waals surface area contributed by atoms with Gasteiger partial charge in [-0.05, 0) is 42.3 Å². The fourth-order valence-electron chi connectivity index (χ4n) is 2.04. The minimum atomic E-state index is -0.0702. The molecule has 0 aliphatic rings. The lowest BCUT2D eigenvalue weighted by atomic mass is 10.2. The lowest BCUT2D eigenvalue weighted by Gasteiger charge is -2.18. The van der Waals surface area contributed by atoms with E-state index < -0.39 is 0 Å². The number of carbonyl (C=O) groups is 1. The van der Waals surface area contributed by atoms with Gasteiger partial charge in [0, 0.05) is 44.3 Å². The summed E-state index contributed by atoms with van der Waals surface area (Å²) in [4.78, 5) is 17.8. The van der Waals surface area contributed by atoms with Crippen LogP contribution >= 0.6 is 0 Å². The second kappa shape index (κ2) is 8.62. The Hall–Kier alpha value is -2.62. The Labute approximate surface area is 131 Å². The first-order valence-electron chi connectivity index (χ1n) is 7.38. The van der Waals surface area contributed by atoms with E-state index in [-0.39, 0.29) is 5.91 Å². The summed E-state index contributed by atoms with van der Waals surface area (Å²) in [6.07, 6.45) is 7.65. The van der Waals surface area contributed by atoms with Crippen LogP contribution in [0.4, 0.5) is 5.69 Å². The molecular formula is C18H21N3O. The molecule has 22 heavy (non-hydrogen) atoms. The predicted octanol–water partition coefficient (Wildman–Crippen LogP) is 2.74. The summed E-state index contributed by atoms with van der Waals surface area (Å²) >= 11 is 0. The molecule has 1 N–H and O–H groups in total. The summed E-state index contributed by atoms with van der Waals surface area (Å²) in [5.74, 6) is -0.0702. The maximum Gasteiger partial charge on any atom is 0.244 e. The number of aromatic nitrogens is 1.